The lowest BCUT2D eigenvalue weighted by atomic mass is 10.1. The lowest BCUT2D eigenvalue weighted by molar-refractivity contribution is -0.114. The minimum atomic E-state index is -3.68. The summed E-state index contributed by atoms with van der Waals surface area (Å²) >= 11 is 1.36. The lowest BCUT2D eigenvalue weighted by Gasteiger charge is -2.24. The van der Waals surface area contributed by atoms with E-state index in [9.17, 15) is 18.0 Å². The topological polar surface area (TPSA) is 92.8 Å². The number of esters is 1. The summed E-state index contributed by atoms with van der Waals surface area (Å²) in [5.41, 5.74) is 2.62. The summed E-state index contributed by atoms with van der Waals surface area (Å²) in [6.45, 7) is 1.55. The molecule has 9 heteroatoms. The first kappa shape index (κ1) is 21.3. The second-order valence-electron chi connectivity index (χ2n) is 6.85. The summed E-state index contributed by atoms with van der Waals surface area (Å²) in [4.78, 5) is 26.1. The maximum absolute atomic E-state index is 12.8. The third kappa shape index (κ3) is 4.45. The first-order valence-electron chi connectivity index (χ1n) is 9.34. The third-order valence-electron chi connectivity index (χ3n) is 4.89. The number of nitrogens with zero attached hydrogens (tertiary/aromatic N) is 1. The minimum absolute atomic E-state index is 0.376. The molecule has 156 valence electrons. The van der Waals surface area contributed by atoms with E-state index in [1.54, 1.807) is 12.1 Å². The average molecular weight is 437 g/mol. The summed E-state index contributed by atoms with van der Waals surface area (Å²) in [5.74, 6) is -0.998. The summed E-state index contributed by atoms with van der Waals surface area (Å²) in [5, 5.41) is 3.16. The van der Waals surface area contributed by atoms with E-state index in [0.29, 0.717) is 22.7 Å². The number of fused-ring (bicyclic) bond motifs is 1. The lowest BCUT2D eigenvalue weighted by Crippen LogP contribution is -2.38. The van der Waals surface area contributed by atoms with E-state index in [-0.39, 0.29) is 6.54 Å². The van der Waals surface area contributed by atoms with Crippen molar-refractivity contribution < 1.29 is 22.7 Å². The molecule has 1 aliphatic carbocycles. The van der Waals surface area contributed by atoms with Crippen molar-refractivity contribution in [3.63, 3.8) is 0 Å². The van der Waals surface area contributed by atoms with Crippen LogP contribution >= 0.6 is 11.3 Å². The Labute approximate surface area is 174 Å². The van der Waals surface area contributed by atoms with Crippen LogP contribution in [0.3, 0.4) is 0 Å². The zero-order valence-corrected chi connectivity index (χ0v) is 18.3. The second-order valence-corrected chi connectivity index (χ2v) is 9.87. The molecule has 0 unspecified atom stereocenters. The molecule has 0 fully saturated rings. The van der Waals surface area contributed by atoms with Crippen LogP contribution in [0.15, 0.2) is 24.3 Å². The van der Waals surface area contributed by atoms with Crippen LogP contribution in [0, 0.1) is 0 Å². The van der Waals surface area contributed by atoms with Crippen molar-refractivity contribution in [3.05, 3.63) is 45.8 Å². The largest absolute Gasteiger partial charge is 0.465 e. The smallest absolute Gasteiger partial charge is 0.341 e. The van der Waals surface area contributed by atoms with Gasteiger partial charge in [-0.15, -0.1) is 11.3 Å². The van der Waals surface area contributed by atoms with Crippen LogP contribution in [0.25, 0.3) is 0 Å². The summed E-state index contributed by atoms with van der Waals surface area (Å²) < 4.78 is 30.8. The Bertz CT molecular complexity index is 1040. The highest BCUT2D eigenvalue weighted by Crippen LogP contribution is 2.39. The quantitative estimate of drug-likeness (QED) is 0.674. The van der Waals surface area contributed by atoms with E-state index in [1.807, 2.05) is 19.1 Å². The van der Waals surface area contributed by atoms with Crippen LogP contribution in [0.4, 0.5) is 10.7 Å². The highest BCUT2D eigenvalue weighted by atomic mass is 32.2. The molecule has 1 heterocycles. The molecule has 29 heavy (non-hydrogen) atoms. The Hall–Kier alpha value is -2.39. The molecule has 0 spiro atoms. The monoisotopic (exact) mass is 436 g/mol. The molecule has 2 aromatic rings. The predicted octanol–water partition coefficient (Wildman–Crippen LogP) is 2.99. The zero-order valence-electron chi connectivity index (χ0n) is 16.6. The van der Waals surface area contributed by atoms with Crippen LogP contribution < -0.4 is 9.62 Å². The zero-order chi connectivity index (χ0) is 21.2. The number of nitrogens with one attached hydrogen (secondary N) is 1. The van der Waals surface area contributed by atoms with Crippen molar-refractivity contribution in [2.24, 2.45) is 0 Å². The molecule has 0 bridgehead atoms. The molecule has 0 saturated heterocycles. The van der Waals surface area contributed by atoms with Gasteiger partial charge in [-0.3, -0.25) is 9.10 Å². The number of amides is 1. The molecule has 1 aliphatic rings. The number of sulfonamides is 1. The molecular formula is C20H24N2O5S2. The van der Waals surface area contributed by atoms with E-state index in [1.165, 1.54) is 18.4 Å². The Morgan fingerprint density at radius 1 is 1.24 bits per heavy atom. The SMILES string of the molecule is CCc1ccccc1N(CC(=O)Nc1sc2c(c1C(=O)OC)CCC2)S(C)(=O)=O. The number of hydrogen-bond donors (Lipinski definition) is 1. The molecule has 7 nitrogen and oxygen atoms in total. The maximum Gasteiger partial charge on any atom is 0.341 e. The maximum atomic E-state index is 12.8. The van der Waals surface area contributed by atoms with Crippen molar-refractivity contribution in [2.75, 3.05) is 29.5 Å². The molecule has 0 atom stereocenters. The van der Waals surface area contributed by atoms with Gasteiger partial charge in [0.25, 0.3) is 0 Å². The number of rotatable bonds is 7. The summed E-state index contributed by atoms with van der Waals surface area (Å²) in [6.07, 6.45) is 4.31. The van der Waals surface area contributed by atoms with Crippen molar-refractivity contribution in [1.29, 1.82) is 0 Å². The van der Waals surface area contributed by atoms with Crippen molar-refractivity contribution in [2.45, 2.75) is 32.6 Å². The molecule has 0 radical (unpaired) electrons. The van der Waals surface area contributed by atoms with Gasteiger partial charge in [-0.25, -0.2) is 13.2 Å². The van der Waals surface area contributed by atoms with Gasteiger partial charge in [-0.1, -0.05) is 25.1 Å². The van der Waals surface area contributed by atoms with E-state index < -0.39 is 21.9 Å². The molecule has 1 aromatic carbocycles. The van der Waals surface area contributed by atoms with Gasteiger partial charge in [-0.05, 0) is 42.9 Å². The number of anilines is 2. The van der Waals surface area contributed by atoms with Crippen molar-refractivity contribution >= 4 is 43.9 Å². The first-order chi connectivity index (χ1) is 13.8. The van der Waals surface area contributed by atoms with Crippen molar-refractivity contribution in [3.8, 4) is 0 Å². The van der Waals surface area contributed by atoms with Gasteiger partial charge in [0, 0.05) is 4.88 Å². The Morgan fingerprint density at radius 3 is 2.62 bits per heavy atom. The number of carbonyl (C=O) groups excluding carboxylic acids is 2. The van der Waals surface area contributed by atoms with Crippen LogP contribution in [-0.4, -0.2) is 40.2 Å². The molecule has 0 aliphatic heterocycles. The van der Waals surface area contributed by atoms with E-state index >= 15 is 0 Å². The highest BCUT2D eigenvalue weighted by molar-refractivity contribution is 7.92. The number of carbonyl (C=O) groups is 2. The fourth-order valence-electron chi connectivity index (χ4n) is 3.54. The minimum Gasteiger partial charge on any atom is -0.465 e. The number of hydrogen-bond acceptors (Lipinski definition) is 6. The van der Waals surface area contributed by atoms with Gasteiger partial charge >= 0.3 is 5.97 Å². The van der Waals surface area contributed by atoms with Gasteiger partial charge in [0.1, 0.15) is 11.5 Å². The van der Waals surface area contributed by atoms with E-state index in [2.05, 4.69) is 5.32 Å². The molecule has 1 aromatic heterocycles. The van der Waals surface area contributed by atoms with Gasteiger partial charge in [-0.2, -0.15) is 0 Å². The number of methoxy groups -OCH3 is 1. The fourth-order valence-corrected chi connectivity index (χ4v) is 5.72. The fraction of sp³-hybridized carbons (Fsp3) is 0.400. The Kier molecular flexibility index (Phi) is 6.28. The van der Waals surface area contributed by atoms with E-state index in [0.717, 1.165) is 45.8 Å². The molecular weight excluding hydrogens is 412 g/mol. The normalized spacial score (nSPS) is 13.1. The highest BCUT2D eigenvalue weighted by Gasteiger charge is 2.29. The number of thiophene rings is 1. The summed E-state index contributed by atoms with van der Waals surface area (Å²) in [6, 6.07) is 7.10. The standard InChI is InChI=1S/C20H24N2O5S2/c1-4-13-8-5-6-10-15(13)22(29(3,25)26)12-17(23)21-19-18(20(24)27-2)14-9-7-11-16(14)28-19/h5-6,8,10H,4,7,9,11-12H2,1-3H3,(H,21,23). The summed E-state index contributed by atoms with van der Waals surface area (Å²) in [7, 11) is -2.38. The van der Waals surface area contributed by atoms with Crippen LogP contribution in [0.2, 0.25) is 0 Å². The molecule has 3 rings (SSSR count). The van der Waals surface area contributed by atoms with E-state index in [4.69, 9.17) is 4.74 Å². The number of aryl methyl sites for hydroxylation is 2. The van der Waals surface area contributed by atoms with Crippen molar-refractivity contribution in [1.82, 2.24) is 0 Å². The third-order valence-corrected chi connectivity index (χ3v) is 7.23. The number of benzene rings is 1. The second kappa shape index (κ2) is 8.54. The number of para-hydroxylation sites is 1. The predicted molar refractivity (Wildman–Crippen MR) is 114 cm³/mol. The first-order valence-corrected chi connectivity index (χ1v) is 12.0. The Balaban J connectivity index is 1.88. The van der Waals surface area contributed by atoms with Gasteiger partial charge in [0.05, 0.1) is 24.6 Å². The van der Waals surface area contributed by atoms with Crippen LogP contribution in [0.5, 0.6) is 0 Å². The van der Waals surface area contributed by atoms with Crippen LogP contribution in [-0.2, 0) is 38.8 Å². The Morgan fingerprint density at radius 2 is 1.97 bits per heavy atom. The average Bonchev–Trinajstić information content (AvgIpc) is 3.25. The molecule has 0 saturated carbocycles. The van der Waals surface area contributed by atoms with Gasteiger partial charge in [0.2, 0.25) is 15.9 Å². The van der Waals surface area contributed by atoms with Crippen LogP contribution in [0.1, 0.15) is 39.7 Å². The molecule has 1 amide bonds. The number of ether oxygens (including phenoxy) is 1. The van der Waals surface area contributed by atoms with Gasteiger partial charge < -0.3 is 10.1 Å². The molecule has 1 N–H and O–H groups in total. The van der Waals surface area contributed by atoms with Gasteiger partial charge in [0.15, 0.2) is 0 Å².